The number of hydrogen-bond donors (Lipinski definition) is 1. The van der Waals surface area contributed by atoms with Gasteiger partial charge < -0.3 is 9.73 Å². The first-order valence-electron chi connectivity index (χ1n) is 5.49. The Hall–Kier alpha value is -0.770. The zero-order valence-corrected chi connectivity index (χ0v) is 11.0. The van der Waals surface area contributed by atoms with Gasteiger partial charge in [-0.1, -0.05) is 0 Å². The van der Waals surface area contributed by atoms with E-state index >= 15 is 0 Å². The van der Waals surface area contributed by atoms with Crippen LogP contribution in [0, 0.1) is 0 Å². The molecule has 1 saturated heterocycles. The van der Waals surface area contributed by atoms with Crippen LogP contribution in [-0.2, 0) is 0 Å². The molecule has 0 saturated carbocycles. The zero-order chi connectivity index (χ0) is 10.1. The molecule has 1 N–H and O–H groups in total. The summed E-state index contributed by atoms with van der Waals surface area (Å²) < 4.78 is 5.82. The summed E-state index contributed by atoms with van der Waals surface area (Å²) in [5.41, 5.74) is 1.89. The molecular formula is C12H16Cl2N2O. The highest BCUT2D eigenvalue weighted by molar-refractivity contribution is 5.85. The molecule has 5 heteroatoms. The third-order valence-electron chi connectivity index (χ3n) is 3.05. The number of nitrogens with one attached hydrogen (secondary N) is 1. The van der Waals surface area contributed by atoms with Gasteiger partial charge in [-0.3, -0.25) is 4.98 Å². The SMILES string of the molecule is Cl.Cl.c1cnc2cc(C3CCNCC3)oc2c1. The van der Waals surface area contributed by atoms with Gasteiger partial charge in [-0.2, -0.15) is 0 Å². The van der Waals surface area contributed by atoms with Crippen LogP contribution in [0.5, 0.6) is 0 Å². The van der Waals surface area contributed by atoms with Crippen molar-refractivity contribution in [2.24, 2.45) is 0 Å². The van der Waals surface area contributed by atoms with E-state index in [1.54, 1.807) is 0 Å². The number of rotatable bonds is 1. The lowest BCUT2D eigenvalue weighted by Gasteiger charge is -2.20. The maximum Gasteiger partial charge on any atom is 0.152 e. The molecule has 2 aromatic heterocycles. The summed E-state index contributed by atoms with van der Waals surface area (Å²) in [6.45, 7) is 2.18. The van der Waals surface area contributed by atoms with Crippen LogP contribution in [0.15, 0.2) is 28.8 Å². The second kappa shape index (κ2) is 6.24. The first-order valence-corrected chi connectivity index (χ1v) is 5.49. The lowest BCUT2D eigenvalue weighted by molar-refractivity contribution is 0.397. The van der Waals surface area contributed by atoms with E-state index in [0.717, 1.165) is 29.9 Å². The molecule has 0 bridgehead atoms. The summed E-state index contributed by atoms with van der Waals surface area (Å²) in [5, 5.41) is 3.36. The molecule has 1 aliphatic heterocycles. The fourth-order valence-electron chi connectivity index (χ4n) is 2.20. The van der Waals surface area contributed by atoms with Gasteiger partial charge in [0.2, 0.25) is 0 Å². The first-order chi connectivity index (χ1) is 7.43. The molecule has 2 aromatic rings. The Bertz CT molecular complexity index is 433. The molecule has 17 heavy (non-hydrogen) atoms. The van der Waals surface area contributed by atoms with Crippen molar-refractivity contribution in [1.29, 1.82) is 0 Å². The lowest BCUT2D eigenvalue weighted by atomic mass is 9.96. The van der Waals surface area contributed by atoms with Gasteiger partial charge in [0.15, 0.2) is 5.58 Å². The third kappa shape index (κ3) is 2.92. The molecule has 0 aromatic carbocycles. The minimum Gasteiger partial charge on any atom is -0.459 e. The Morgan fingerprint density at radius 1 is 1.24 bits per heavy atom. The summed E-state index contributed by atoms with van der Waals surface area (Å²) in [6.07, 6.45) is 4.14. The average molecular weight is 275 g/mol. The number of furan rings is 1. The highest BCUT2D eigenvalue weighted by Gasteiger charge is 2.18. The maximum atomic E-state index is 5.82. The Morgan fingerprint density at radius 3 is 2.71 bits per heavy atom. The largest absolute Gasteiger partial charge is 0.459 e. The molecule has 3 nitrogen and oxygen atoms in total. The molecule has 1 fully saturated rings. The second-order valence-electron chi connectivity index (χ2n) is 4.06. The molecule has 0 unspecified atom stereocenters. The Balaban J connectivity index is 0.000000722. The van der Waals surface area contributed by atoms with Gasteiger partial charge in [-0.25, -0.2) is 0 Å². The van der Waals surface area contributed by atoms with Crippen LogP contribution in [0.25, 0.3) is 11.1 Å². The topological polar surface area (TPSA) is 38.1 Å². The average Bonchev–Trinajstić information content (AvgIpc) is 2.74. The number of hydrogen-bond acceptors (Lipinski definition) is 3. The highest BCUT2D eigenvalue weighted by Crippen LogP contribution is 2.29. The Labute approximate surface area is 113 Å². The number of aromatic nitrogens is 1. The van der Waals surface area contributed by atoms with Crippen LogP contribution < -0.4 is 5.32 Å². The van der Waals surface area contributed by atoms with Crippen LogP contribution in [0.2, 0.25) is 0 Å². The van der Waals surface area contributed by atoms with Crippen molar-refractivity contribution in [2.45, 2.75) is 18.8 Å². The number of pyridine rings is 1. The van der Waals surface area contributed by atoms with E-state index in [1.807, 2.05) is 18.3 Å². The van der Waals surface area contributed by atoms with Crippen LogP contribution in [-0.4, -0.2) is 18.1 Å². The molecule has 0 amide bonds. The molecule has 1 aliphatic rings. The molecule has 94 valence electrons. The van der Waals surface area contributed by atoms with E-state index in [9.17, 15) is 0 Å². The van der Waals surface area contributed by atoms with E-state index < -0.39 is 0 Å². The van der Waals surface area contributed by atoms with Crippen molar-refractivity contribution in [3.8, 4) is 0 Å². The molecule has 3 heterocycles. The Morgan fingerprint density at radius 2 is 2.00 bits per heavy atom. The Kier molecular flexibility index (Phi) is 5.25. The molecular weight excluding hydrogens is 259 g/mol. The van der Waals surface area contributed by atoms with Crippen molar-refractivity contribution in [2.75, 3.05) is 13.1 Å². The van der Waals surface area contributed by atoms with Crippen molar-refractivity contribution >= 4 is 35.9 Å². The predicted octanol–water partition coefficient (Wildman–Crippen LogP) is 3.14. The van der Waals surface area contributed by atoms with Crippen molar-refractivity contribution in [3.05, 3.63) is 30.2 Å². The fourth-order valence-corrected chi connectivity index (χ4v) is 2.20. The molecule has 0 spiro atoms. The van der Waals surface area contributed by atoms with Gasteiger partial charge in [0, 0.05) is 18.2 Å². The van der Waals surface area contributed by atoms with E-state index in [-0.39, 0.29) is 24.8 Å². The zero-order valence-electron chi connectivity index (χ0n) is 9.39. The highest BCUT2D eigenvalue weighted by atomic mass is 35.5. The van der Waals surface area contributed by atoms with Crippen LogP contribution in [0.1, 0.15) is 24.5 Å². The first kappa shape index (κ1) is 14.3. The van der Waals surface area contributed by atoms with Gasteiger partial charge in [-0.05, 0) is 38.1 Å². The monoisotopic (exact) mass is 274 g/mol. The second-order valence-corrected chi connectivity index (χ2v) is 4.06. The summed E-state index contributed by atoms with van der Waals surface area (Å²) in [7, 11) is 0. The molecule has 0 radical (unpaired) electrons. The summed E-state index contributed by atoms with van der Waals surface area (Å²) >= 11 is 0. The van der Waals surface area contributed by atoms with Crippen LogP contribution in [0.3, 0.4) is 0 Å². The summed E-state index contributed by atoms with van der Waals surface area (Å²) in [4.78, 5) is 4.29. The van der Waals surface area contributed by atoms with E-state index in [4.69, 9.17) is 4.42 Å². The summed E-state index contributed by atoms with van der Waals surface area (Å²) in [6, 6.07) is 5.98. The normalized spacial score (nSPS) is 16.2. The van der Waals surface area contributed by atoms with Gasteiger partial charge in [-0.15, -0.1) is 24.8 Å². The smallest absolute Gasteiger partial charge is 0.152 e. The number of nitrogens with zero attached hydrogens (tertiary/aromatic N) is 1. The van der Waals surface area contributed by atoms with Crippen LogP contribution >= 0.6 is 24.8 Å². The van der Waals surface area contributed by atoms with Gasteiger partial charge in [0.05, 0.1) is 0 Å². The van der Waals surface area contributed by atoms with E-state index in [0.29, 0.717) is 5.92 Å². The number of fused-ring (bicyclic) bond motifs is 1. The van der Waals surface area contributed by atoms with Crippen molar-refractivity contribution in [3.63, 3.8) is 0 Å². The van der Waals surface area contributed by atoms with Gasteiger partial charge >= 0.3 is 0 Å². The number of piperidine rings is 1. The predicted molar refractivity (Wildman–Crippen MR) is 73.3 cm³/mol. The maximum absolute atomic E-state index is 5.82. The van der Waals surface area contributed by atoms with Crippen molar-refractivity contribution < 1.29 is 4.42 Å². The standard InChI is InChI=1S/C12H14N2O.2ClH/c1-2-11-10(14-5-1)8-12(15-11)9-3-6-13-7-4-9;;/h1-2,5,8-9,13H,3-4,6-7H2;2*1H. The minimum absolute atomic E-state index is 0. The van der Waals surface area contributed by atoms with Gasteiger partial charge in [0.1, 0.15) is 11.3 Å². The van der Waals surface area contributed by atoms with Gasteiger partial charge in [0.25, 0.3) is 0 Å². The molecule has 0 atom stereocenters. The van der Waals surface area contributed by atoms with E-state index in [1.165, 1.54) is 12.8 Å². The number of halogens is 2. The summed E-state index contributed by atoms with van der Waals surface area (Å²) in [5.74, 6) is 1.67. The fraction of sp³-hybridized carbons (Fsp3) is 0.417. The van der Waals surface area contributed by atoms with Crippen molar-refractivity contribution in [1.82, 2.24) is 10.3 Å². The quantitative estimate of drug-likeness (QED) is 0.868. The third-order valence-corrected chi connectivity index (χ3v) is 3.05. The molecule has 0 aliphatic carbocycles. The van der Waals surface area contributed by atoms with Crippen LogP contribution in [0.4, 0.5) is 0 Å². The van der Waals surface area contributed by atoms with E-state index in [2.05, 4.69) is 16.4 Å². The molecule has 3 rings (SSSR count). The minimum atomic E-state index is 0. The lowest BCUT2D eigenvalue weighted by Crippen LogP contribution is -2.26.